The molecular formula is C18H24O3. The number of aromatic hydroxyl groups is 1. The van der Waals surface area contributed by atoms with Gasteiger partial charge in [0.25, 0.3) is 0 Å². The lowest BCUT2D eigenvalue weighted by molar-refractivity contribution is -0.109. The largest absolute Gasteiger partial charge is 0.507 e. The van der Waals surface area contributed by atoms with Crippen LogP contribution in [0.5, 0.6) is 5.75 Å². The van der Waals surface area contributed by atoms with Crippen LogP contribution in [0.2, 0.25) is 0 Å². The molecule has 1 N–H and O–H groups in total. The summed E-state index contributed by atoms with van der Waals surface area (Å²) in [5, 5.41) is 9.65. The highest BCUT2D eigenvalue weighted by Crippen LogP contribution is 2.61. The van der Waals surface area contributed by atoms with Gasteiger partial charge in [0.2, 0.25) is 0 Å². The van der Waals surface area contributed by atoms with Crippen LogP contribution in [0.1, 0.15) is 49.9 Å². The van der Waals surface area contributed by atoms with Gasteiger partial charge in [0.1, 0.15) is 11.3 Å². The third-order valence-corrected chi connectivity index (χ3v) is 5.85. The lowest BCUT2D eigenvalue weighted by Crippen LogP contribution is -2.52. The Morgan fingerprint density at radius 3 is 2.76 bits per heavy atom. The third kappa shape index (κ3) is 2.54. The van der Waals surface area contributed by atoms with E-state index in [0.29, 0.717) is 17.9 Å². The van der Waals surface area contributed by atoms with E-state index in [1.54, 1.807) is 18.2 Å². The number of carbonyl (C=O) groups excluding carboxylic acids is 1. The number of phenols is 1. The summed E-state index contributed by atoms with van der Waals surface area (Å²) in [4.78, 5) is 11.9. The number of benzene rings is 1. The molecular weight excluding hydrogens is 264 g/mol. The predicted molar refractivity (Wildman–Crippen MR) is 81.1 cm³/mol. The molecule has 2 bridgehead atoms. The highest BCUT2D eigenvalue weighted by atomic mass is 16.5. The maximum Gasteiger partial charge on any atom is 0.341 e. The Bertz CT molecular complexity index is 533. The number of ether oxygens (including phenoxy) is 1. The molecule has 3 saturated carbocycles. The summed E-state index contributed by atoms with van der Waals surface area (Å²) in [6.45, 7) is 5.22. The summed E-state index contributed by atoms with van der Waals surface area (Å²) in [5.74, 6) is 1.95. The van der Waals surface area contributed by atoms with Crippen molar-refractivity contribution in [1.29, 1.82) is 0 Å². The quantitative estimate of drug-likeness (QED) is 0.851. The van der Waals surface area contributed by atoms with E-state index in [0.717, 1.165) is 18.3 Å². The van der Waals surface area contributed by atoms with Crippen molar-refractivity contribution in [3.05, 3.63) is 29.8 Å². The van der Waals surface area contributed by atoms with E-state index in [1.807, 2.05) is 0 Å². The summed E-state index contributed by atoms with van der Waals surface area (Å²) in [5.41, 5.74) is 0.732. The van der Waals surface area contributed by atoms with Gasteiger partial charge < -0.3 is 9.84 Å². The normalized spacial score (nSPS) is 29.5. The van der Waals surface area contributed by atoms with E-state index in [4.69, 9.17) is 4.74 Å². The predicted octanol–water partition coefficient (Wildman–Crippen LogP) is 4.01. The molecule has 0 spiro atoms. The Kier molecular flexibility index (Phi) is 3.68. The second kappa shape index (κ2) is 5.36. The molecule has 0 radical (unpaired) electrons. The first kappa shape index (κ1) is 14.4. The van der Waals surface area contributed by atoms with Crippen LogP contribution in [-0.4, -0.2) is 17.7 Å². The van der Waals surface area contributed by atoms with Gasteiger partial charge in [-0.25, -0.2) is 4.79 Å². The fraction of sp³-hybridized carbons (Fsp3) is 0.611. The fourth-order valence-corrected chi connectivity index (χ4v) is 4.34. The molecule has 3 atom stereocenters. The first-order valence-corrected chi connectivity index (χ1v) is 7.95. The molecule has 3 fully saturated rings. The van der Waals surface area contributed by atoms with E-state index in [1.165, 1.54) is 25.3 Å². The number of esters is 1. The van der Waals surface area contributed by atoms with Gasteiger partial charge in [-0.05, 0) is 61.0 Å². The minimum atomic E-state index is -0.422. The van der Waals surface area contributed by atoms with Crippen molar-refractivity contribution in [3.63, 3.8) is 0 Å². The van der Waals surface area contributed by atoms with E-state index in [-0.39, 0.29) is 11.3 Å². The van der Waals surface area contributed by atoms with Crippen molar-refractivity contribution in [2.45, 2.75) is 39.5 Å². The molecule has 4 rings (SSSR count). The van der Waals surface area contributed by atoms with Gasteiger partial charge in [-0.1, -0.05) is 26.0 Å². The van der Waals surface area contributed by atoms with Crippen molar-refractivity contribution in [1.82, 2.24) is 0 Å². The maximum atomic E-state index is 11.9. The molecule has 0 unspecified atom stereocenters. The lowest BCUT2D eigenvalue weighted by atomic mass is 9.45. The standard InChI is InChI=1S/C18H24O3/c1-18(2)13-8-7-12(15(18)11-13)9-10-21-17(20)14-5-3-4-6-16(14)19/h3-6,12-13,15,19H,7-11H2,1-2H3/t12-,13-,15+/m1/s1. The summed E-state index contributed by atoms with van der Waals surface area (Å²) in [6.07, 6.45) is 4.89. The Hall–Kier alpha value is -1.51. The molecule has 0 aromatic heterocycles. The minimum absolute atomic E-state index is 0.0110. The third-order valence-electron chi connectivity index (χ3n) is 5.85. The lowest BCUT2D eigenvalue weighted by Gasteiger charge is -2.60. The zero-order chi connectivity index (χ0) is 15.0. The molecule has 0 saturated heterocycles. The number of fused-ring (bicyclic) bond motifs is 2. The molecule has 1 aromatic carbocycles. The second-order valence-corrected chi connectivity index (χ2v) is 7.14. The molecule has 0 heterocycles. The summed E-state index contributed by atoms with van der Waals surface area (Å²) >= 11 is 0. The van der Waals surface area contributed by atoms with E-state index in [2.05, 4.69) is 13.8 Å². The van der Waals surface area contributed by atoms with Gasteiger partial charge in [-0.3, -0.25) is 0 Å². The smallest absolute Gasteiger partial charge is 0.341 e. The van der Waals surface area contributed by atoms with Gasteiger partial charge in [-0.2, -0.15) is 0 Å². The van der Waals surface area contributed by atoms with Gasteiger partial charge in [0.15, 0.2) is 0 Å². The molecule has 3 nitrogen and oxygen atoms in total. The highest BCUT2D eigenvalue weighted by Gasteiger charge is 2.53. The van der Waals surface area contributed by atoms with Crippen molar-refractivity contribution in [2.75, 3.05) is 6.61 Å². The van der Waals surface area contributed by atoms with Crippen molar-refractivity contribution < 1.29 is 14.6 Å². The molecule has 3 heteroatoms. The SMILES string of the molecule is CC1(C)[C@@H]2CC[C@H](CCOC(=O)c3ccccc3O)[C@@H]1C2. The van der Waals surface area contributed by atoms with Gasteiger partial charge in [0.05, 0.1) is 6.61 Å². The van der Waals surface area contributed by atoms with Crippen molar-refractivity contribution in [3.8, 4) is 5.75 Å². The number of hydrogen-bond acceptors (Lipinski definition) is 3. The van der Waals surface area contributed by atoms with Crippen LogP contribution >= 0.6 is 0 Å². The zero-order valence-corrected chi connectivity index (χ0v) is 12.8. The number of rotatable bonds is 4. The Balaban J connectivity index is 1.51. The van der Waals surface area contributed by atoms with Crippen LogP contribution < -0.4 is 0 Å². The molecule has 1 aromatic rings. The molecule has 21 heavy (non-hydrogen) atoms. The Morgan fingerprint density at radius 1 is 1.33 bits per heavy atom. The molecule has 3 aliphatic carbocycles. The average molecular weight is 288 g/mol. The number of hydrogen-bond donors (Lipinski definition) is 1. The van der Waals surface area contributed by atoms with Gasteiger partial charge in [-0.15, -0.1) is 0 Å². The van der Waals surface area contributed by atoms with Crippen LogP contribution in [0.3, 0.4) is 0 Å². The fourth-order valence-electron chi connectivity index (χ4n) is 4.34. The van der Waals surface area contributed by atoms with Crippen molar-refractivity contribution in [2.24, 2.45) is 23.2 Å². The van der Waals surface area contributed by atoms with E-state index < -0.39 is 5.97 Å². The summed E-state index contributed by atoms with van der Waals surface area (Å²) < 4.78 is 5.35. The number of para-hydroxylation sites is 1. The Morgan fingerprint density at radius 2 is 2.10 bits per heavy atom. The van der Waals surface area contributed by atoms with Crippen LogP contribution in [0.15, 0.2) is 24.3 Å². The van der Waals surface area contributed by atoms with Crippen LogP contribution in [0.4, 0.5) is 0 Å². The van der Waals surface area contributed by atoms with Crippen molar-refractivity contribution >= 4 is 5.97 Å². The molecule has 114 valence electrons. The van der Waals surface area contributed by atoms with Crippen LogP contribution in [-0.2, 0) is 4.74 Å². The number of carbonyl (C=O) groups is 1. The van der Waals surface area contributed by atoms with E-state index in [9.17, 15) is 9.90 Å². The topological polar surface area (TPSA) is 46.5 Å². The molecule has 0 amide bonds. The summed E-state index contributed by atoms with van der Waals surface area (Å²) in [7, 11) is 0. The zero-order valence-electron chi connectivity index (χ0n) is 12.8. The number of phenolic OH excluding ortho intramolecular Hbond substituents is 1. The average Bonchev–Trinajstić information content (AvgIpc) is 2.47. The highest BCUT2D eigenvalue weighted by molar-refractivity contribution is 5.92. The first-order valence-electron chi connectivity index (χ1n) is 7.95. The van der Waals surface area contributed by atoms with Crippen LogP contribution in [0.25, 0.3) is 0 Å². The van der Waals surface area contributed by atoms with Crippen LogP contribution in [0, 0.1) is 23.2 Å². The first-order chi connectivity index (χ1) is 10.00. The summed E-state index contributed by atoms with van der Waals surface area (Å²) in [6, 6.07) is 6.53. The maximum absolute atomic E-state index is 11.9. The van der Waals surface area contributed by atoms with Gasteiger partial charge in [0, 0.05) is 0 Å². The molecule has 3 aliphatic rings. The minimum Gasteiger partial charge on any atom is -0.507 e. The van der Waals surface area contributed by atoms with Gasteiger partial charge >= 0.3 is 5.97 Å². The van der Waals surface area contributed by atoms with E-state index >= 15 is 0 Å². The second-order valence-electron chi connectivity index (χ2n) is 7.14. The monoisotopic (exact) mass is 288 g/mol. The molecule has 0 aliphatic heterocycles. The Labute approximate surface area is 126 Å².